The van der Waals surface area contributed by atoms with Gasteiger partial charge in [-0.15, -0.1) is 0 Å². The fourth-order valence-electron chi connectivity index (χ4n) is 1.91. The van der Waals surface area contributed by atoms with Crippen LogP contribution < -0.4 is 10.6 Å². The van der Waals surface area contributed by atoms with Gasteiger partial charge in [-0.2, -0.15) is 0 Å². The van der Waals surface area contributed by atoms with Crippen molar-refractivity contribution >= 4 is 21.6 Å². The van der Waals surface area contributed by atoms with E-state index in [-0.39, 0.29) is 6.10 Å². The molecular weight excluding hydrogens is 256 g/mol. The summed E-state index contributed by atoms with van der Waals surface area (Å²) >= 11 is 3.47. The molecule has 1 aliphatic rings. The first kappa shape index (κ1) is 10.9. The van der Waals surface area contributed by atoms with Crippen LogP contribution in [0.4, 0.5) is 5.69 Å². The summed E-state index contributed by atoms with van der Waals surface area (Å²) in [6.45, 7) is 2.19. The van der Waals surface area contributed by atoms with Gasteiger partial charge >= 0.3 is 0 Å². The minimum Gasteiger partial charge on any atom is -0.391 e. The molecule has 1 fully saturated rings. The Bertz CT molecular complexity index is 356. The predicted octanol–water partition coefficient (Wildman–Crippen LogP) is 1.48. The third-order valence-corrected chi connectivity index (χ3v) is 3.16. The van der Waals surface area contributed by atoms with E-state index in [1.165, 1.54) is 0 Å². The molecule has 1 aliphatic heterocycles. The number of nitrogens with two attached hydrogens (primary N) is 1. The SMILES string of the molecule is NCc1cc(Br)cc(N2CCC(O)C2)c1. The largest absolute Gasteiger partial charge is 0.391 e. The Kier molecular flexibility index (Phi) is 3.29. The number of halogens is 1. The zero-order valence-corrected chi connectivity index (χ0v) is 10.1. The van der Waals surface area contributed by atoms with Crippen LogP contribution in [0.25, 0.3) is 0 Å². The molecule has 3 nitrogen and oxygen atoms in total. The molecule has 82 valence electrons. The lowest BCUT2D eigenvalue weighted by molar-refractivity contribution is 0.198. The minimum absolute atomic E-state index is 0.190. The molecule has 1 heterocycles. The maximum atomic E-state index is 9.48. The van der Waals surface area contributed by atoms with Gasteiger partial charge in [0, 0.05) is 29.8 Å². The van der Waals surface area contributed by atoms with Gasteiger partial charge in [0.25, 0.3) is 0 Å². The molecule has 0 saturated carbocycles. The molecule has 0 bridgehead atoms. The second kappa shape index (κ2) is 4.51. The number of aliphatic hydroxyl groups is 1. The Morgan fingerprint density at radius 3 is 2.87 bits per heavy atom. The van der Waals surface area contributed by atoms with E-state index in [1.54, 1.807) is 0 Å². The Balaban J connectivity index is 2.24. The lowest BCUT2D eigenvalue weighted by Crippen LogP contribution is -2.21. The van der Waals surface area contributed by atoms with Gasteiger partial charge < -0.3 is 15.7 Å². The topological polar surface area (TPSA) is 49.5 Å². The fraction of sp³-hybridized carbons (Fsp3) is 0.455. The van der Waals surface area contributed by atoms with Crippen molar-refractivity contribution in [1.82, 2.24) is 0 Å². The molecule has 0 aliphatic carbocycles. The highest BCUT2D eigenvalue weighted by Gasteiger charge is 2.20. The predicted molar refractivity (Wildman–Crippen MR) is 64.9 cm³/mol. The van der Waals surface area contributed by atoms with Crippen LogP contribution in [0.3, 0.4) is 0 Å². The van der Waals surface area contributed by atoms with Gasteiger partial charge in [-0.05, 0) is 30.2 Å². The van der Waals surface area contributed by atoms with Crippen molar-refractivity contribution in [3.8, 4) is 0 Å². The lowest BCUT2D eigenvalue weighted by Gasteiger charge is -2.19. The quantitative estimate of drug-likeness (QED) is 0.856. The summed E-state index contributed by atoms with van der Waals surface area (Å²) in [6.07, 6.45) is 0.662. The van der Waals surface area contributed by atoms with Crippen molar-refractivity contribution in [2.24, 2.45) is 5.73 Å². The first-order valence-corrected chi connectivity index (χ1v) is 5.91. The molecule has 1 atom stereocenters. The summed E-state index contributed by atoms with van der Waals surface area (Å²) < 4.78 is 1.04. The highest BCUT2D eigenvalue weighted by Crippen LogP contribution is 2.25. The molecule has 1 aromatic carbocycles. The van der Waals surface area contributed by atoms with Crippen molar-refractivity contribution < 1.29 is 5.11 Å². The third-order valence-electron chi connectivity index (χ3n) is 2.71. The summed E-state index contributed by atoms with van der Waals surface area (Å²) in [4.78, 5) is 2.19. The van der Waals surface area contributed by atoms with Crippen LogP contribution in [0.2, 0.25) is 0 Å². The molecule has 1 aromatic rings. The molecule has 2 rings (SSSR count). The van der Waals surface area contributed by atoms with Crippen molar-refractivity contribution in [2.75, 3.05) is 18.0 Å². The fourth-order valence-corrected chi connectivity index (χ4v) is 2.44. The Labute approximate surface area is 98.0 Å². The summed E-state index contributed by atoms with van der Waals surface area (Å²) in [5, 5.41) is 9.48. The first-order chi connectivity index (χ1) is 7.19. The second-order valence-corrected chi connectivity index (χ2v) is 4.83. The summed E-state index contributed by atoms with van der Waals surface area (Å²) in [5.74, 6) is 0. The Morgan fingerprint density at radius 2 is 2.27 bits per heavy atom. The molecule has 0 radical (unpaired) electrons. The number of hydrogen-bond acceptors (Lipinski definition) is 3. The standard InChI is InChI=1S/C11H15BrN2O/c12-9-3-8(6-13)4-10(5-9)14-2-1-11(15)7-14/h3-5,11,15H,1-2,6-7,13H2. The first-order valence-electron chi connectivity index (χ1n) is 5.11. The van der Waals surface area contributed by atoms with E-state index in [0.29, 0.717) is 6.54 Å². The van der Waals surface area contributed by atoms with Crippen LogP contribution in [-0.2, 0) is 6.54 Å². The van der Waals surface area contributed by atoms with Gasteiger partial charge in [0.2, 0.25) is 0 Å². The highest BCUT2D eigenvalue weighted by molar-refractivity contribution is 9.10. The molecule has 0 amide bonds. The monoisotopic (exact) mass is 270 g/mol. The molecule has 15 heavy (non-hydrogen) atoms. The normalized spacial score (nSPS) is 21.0. The van der Waals surface area contributed by atoms with Gasteiger partial charge in [-0.1, -0.05) is 15.9 Å². The van der Waals surface area contributed by atoms with E-state index in [4.69, 9.17) is 5.73 Å². The molecular formula is C11H15BrN2O. The maximum Gasteiger partial charge on any atom is 0.0731 e. The molecule has 0 aromatic heterocycles. The summed E-state index contributed by atoms with van der Waals surface area (Å²) in [5.41, 5.74) is 7.88. The number of hydrogen-bond donors (Lipinski definition) is 2. The Morgan fingerprint density at radius 1 is 1.47 bits per heavy atom. The molecule has 1 unspecified atom stereocenters. The van der Waals surface area contributed by atoms with Crippen LogP contribution >= 0.6 is 15.9 Å². The lowest BCUT2D eigenvalue weighted by atomic mass is 10.2. The van der Waals surface area contributed by atoms with Crippen molar-refractivity contribution in [3.63, 3.8) is 0 Å². The van der Waals surface area contributed by atoms with Crippen LogP contribution in [0.1, 0.15) is 12.0 Å². The number of rotatable bonds is 2. The molecule has 0 spiro atoms. The average molecular weight is 271 g/mol. The third kappa shape index (κ3) is 2.51. The van der Waals surface area contributed by atoms with E-state index < -0.39 is 0 Å². The smallest absolute Gasteiger partial charge is 0.0731 e. The molecule has 3 N–H and O–H groups in total. The van der Waals surface area contributed by atoms with Crippen LogP contribution in [0.5, 0.6) is 0 Å². The van der Waals surface area contributed by atoms with E-state index in [2.05, 4.69) is 33.0 Å². The molecule has 1 saturated heterocycles. The van der Waals surface area contributed by atoms with E-state index in [0.717, 1.165) is 35.2 Å². The maximum absolute atomic E-state index is 9.48. The van der Waals surface area contributed by atoms with Gasteiger partial charge in [-0.3, -0.25) is 0 Å². The number of aliphatic hydroxyl groups excluding tert-OH is 1. The van der Waals surface area contributed by atoms with E-state index >= 15 is 0 Å². The van der Waals surface area contributed by atoms with E-state index in [1.807, 2.05) is 6.07 Å². The Hall–Kier alpha value is -0.580. The summed E-state index contributed by atoms with van der Waals surface area (Å²) in [6, 6.07) is 6.18. The number of β-amino-alcohol motifs (C(OH)–C–C–N with tert-alkyl or cyclic N) is 1. The van der Waals surface area contributed by atoms with Crippen molar-refractivity contribution in [1.29, 1.82) is 0 Å². The van der Waals surface area contributed by atoms with Gasteiger partial charge in [0.05, 0.1) is 6.10 Å². The van der Waals surface area contributed by atoms with Crippen LogP contribution in [0.15, 0.2) is 22.7 Å². The van der Waals surface area contributed by atoms with Crippen molar-refractivity contribution in [3.05, 3.63) is 28.2 Å². The van der Waals surface area contributed by atoms with Crippen LogP contribution in [0, 0.1) is 0 Å². The zero-order valence-electron chi connectivity index (χ0n) is 8.49. The summed E-state index contributed by atoms with van der Waals surface area (Å²) in [7, 11) is 0. The van der Waals surface area contributed by atoms with E-state index in [9.17, 15) is 5.11 Å². The number of benzene rings is 1. The average Bonchev–Trinajstić information content (AvgIpc) is 2.64. The van der Waals surface area contributed by atoms with Gasteiger partial charge in [0.1, 0.15) is 0 Å². The molecule has 4 heteroatoms. The highest BCUT2D eigenvalue weighted by atomic mass is 79.9. The van der Waals surface area contributed by atoms with Crippen LogP contribution in [-0.4, -0.2) is 24.3 Å². The number of anilines is 1. The van der Waals surface area contributed by atoms with Gasteiger partial charge in [0.15, 0.2) is 0 Å². The second-order valence-electron chi connectivity index (χ2n) is 3.91. The zero-order chi connectivity index (χ0) is 10.8. The van der Waals surface area contributed by atoms with Gasteiger partial charge in [-0.25, -0.2) is 0 Å². The number of nitrogens with zero attached hydrogens (tertiary/aromatic N) is 1. The minimum atomic E-state index is -0.190. The van der Waals surface area contributed by atoms with Crippen molar-refractivity contribution in [2.45, 2.75) is 19.1 Å².